The van der Waals surface area contributed by atoms with Crippen LogP contribution in [0.4, 0.5) is 0 Å². The Bertz CT molecular complexity index is 524. The van der Waals surface area contributed by atoms with Gasteiger partial charge in [0.05, 0.1) is 13.7 Å². The number of rotatable bonds is 4. The van der Waals surface area contributed by atoms with Crippen molar-refractivity contribution in [3.05, 3.63) is 30.4 Å². The molecular weight excluding hydrogens is 458 g/mol. The molecule has 0 saturated carbocycles. The molecule has 18 heavy (non-hydrogen) atoms. The van der Waals surface area contributed by atoms with Crippen molar-refractivity contribution in [1.29, 1.82) is 5.26 Å². The molecule has 94 valence electrons. The summed E-state index contributed by atoms with van der Waals surface area (Å²) in [6, 6.07) is 5.46. The van der Waals surface area contributed by atoms with Crippen molar-refractivity contribution in [2.75, 3.05) is 6.61 Å². The lowest BCUT2D eigenvalue weighted by Gasteiger charge is -2.09. The summed E-state index contributed by atoms with van der Waals surface area (Å²) in [5.74, 6) is 0.0878. The van der Waals surface area contributed by atoms with E-state index in [1.54, 1.807) is 6.07 Å². The van der Waals surface area contributed by atoms with Gasteiger partial charge in [0, 0.05) is 0 Å². The lowest BCUT2D eigenvalue weighted by Crippen LogP contribution is -2.12. The van der Waals surface area contributed by atoms with Crippen molar-refractivity contribution in [3.63, 3.8) is 0 Å². The van der Waals surface area contributed by atoms with Gasteiger partial charge in [-0.15, -0.1) is 0 Å². The number of benzene rings is 1. The van der Waals surface area contributed by atoms with E-state index in [-0.39, 0.29) is 5.57 Å². The summed E-state index contributed by atoms with van der Waals surface area (Å²) < 4.78 is 7.36. The Balaban J connectivity index is 3.22. The van der Waals surface area contributed by atoms with Crippen LogP contribution in [0.5, 0.6) is 5.75 Å². The molecule has 0 fully saturated rings. The van der Waals surface area contributed by atoms with Crippen LogP contribution in [-0.2, 0) is 4.79 Å². The fourth-order valence-corrected chi connectivity index (χ4v) is 3.40. The Hall–Kier alpha value is -0.820. The Morgan fingerprint density at radius 3 is 2.44 bits per heavy atom. The number of hydrogen-bond acceptors (Lipinski definition) is 3. The summed E-state index contributed by atoms with van der Waals surface area (Å²) in [7, 11) is 0. The molecular formula is C12H10I2N2O2. The molecule has 0 radical (unpaired) electrons. The monoisotopic (exact) mass is 468 g/mol. The SMILES string of the molecule is CCOc1c(I)cc(C=C(C#N)C(N)=O)cc1I. The second-order valence-electron chi connectivity index (χ2n) is 3.28. The molecule has 1 amide bonds. The zero-order valence-electron chi connectivity index (χ0n) is 9.54. The summed E-state index contributed by atoms with van der Waals surface area (Å²) in [5, 5.41) is 8.79. The number of carbonyl (C=O) groups excluding carboxylic acids is 1. The number of amides is 1. The number of carbonyl (C=O) groups is 1. The minimum absolute atomic E-state index is 0.0641. The molecule has 2 N–H and O–H groups in total. The van der Waals surface area contributed by atoms with E-state index in [1.165, 1.54) is 6.08 Å². The Labute approximate surface area is 132 Å². The highest BCUT2D eigenvalue weighted by Gasteiger charge is 2.09. The number of nitrogens with two attached hydrogens (primary N) is 1. The Morgan fingerprint density at radius 2 is 2.06 bits per heavy atom. The number of halogens is 2. The number of primary amides is 1. The van der Waals surface area contributed by atoms with Gasteiger partial charge in [-0.3, -0.25) is 4.79 Å². The van der Waals surface area contributed by atoms with E-state index in [2.05, 4.69) is 45.2 Å². The van der Waals surface area contributed by atoms with E-state index in [9.17, 15) is 4.79 Å². The van der Waals surface area contributed by atoms with E-state index in [0.717, 1.165) is 18.5 Å². The first-order valence-electron chi connectivity index (χ1n) is 5.03. The van der Waals surface area contributed by atoms with Crippen molar-refractivity contribution < 1.29 is 9.53 Å². The van der Waals surface area contributed by atoms with Crippen LogP contribution in [0.15, 0.2) is 17.7 Å². The van der Waals surface area contributed by atoms with E-state index in [0.29, 0.717) is 6.61 Å². The van der Waals surface area contributed by atoms with E-state index in [4.69, 9.17) is 15.7 Å². The van der Waals surface area contributed by atoms with Gasteiger partial charge in [0.15, 0.2) is 0 Å². The van der Waals surface area contributed by atoms with Crippen molar-refractivity contribution >= 4 is 57.2 Å². The van der Waals surface area contributed by atoms with Crippen LogP contribution in [0.2, 0.25) is 0 Å². The quantitative estimate of drug-likeness (QED) is 0.420. The van der Waals surface area contributed by atoms with Gasteiger partial charge in [-0.25, -0.2) is 0 Å². The second kappa shape index (κ2) is 6.94. The molecule has 1 aromatic carbocycles. The van der Waals surface area contributed by atoms with Crippen LogP contribution in [0, 0.1) is 18.5 Å². The molecule has 0 atom stereocenters. The van der Waals surface area contributed by atoms with Gasteiger partial charge >= 0.3 is 0 Å². The summed E-state index contributed by atoms with van der Waals surface area (Å²) in [6.45, 7) is 2.51. The third-order valence-corrected chi connectivity index (χ3v) is 3.61. The fourth-order valence-electron chi connectivity index (χ4n) is 1.27. The Morgan fingerprint density at radius 1 is 1.50 bits per heavy atom. The first-order valence-corrected chi connectivity index (χ1v) is 7.18. The van der Waals surface area contributed by atoms with Gasteiger partial charge < -0.3 is 10.5 Å². The smallest absolute Gasteiger partial charge is 0.259 e. The first-order chi connectivity index (χ1) is 8.49. The van der Waals surface area contributed by atoms with Crippen LogP contribution in [0.1, 0.15) is 12.5 Å². The molecule has 0 spiro atoms. The molecule has 1 rings (SSSR count). The lowest BCUT2D eigenvalue weighted by molar-refractivity contribution is -0.114. The second-order valence-corrected chi connectivity index (χ2v) is 5.61. The van der Waals surface area contributed by atoms with E-state index < -0.39 is 5.91 Å². The number of ether oxygens (including phenoxy) is 1. The summed E-state index contributed by atoms with van der Waals surface area (Å²) in [6.07, 6.45) is 1.47. The molecule has 0 bridgehead atoms. The zero-order chi connectivity index (χ0) is 13.7. The molecule has 0 unspecified atom stereocenters. The minimum Gasteiger partial charge on any atom is -0.492 e. The molecule has 1 aromatic rings. The standard InChI is InChI=1S/C12H10I2N2O2/c1-2-18-11-9(13)4-7(5-10(11)14)3-8(6-15)12(16)17/h3-5H,2H2,1H3,(H2,16,17). The highest BCUT2D eigenvalue weighted by molar-refractivity contribution is 14.1. The van der Waals surface area contributed by atoms with E-state index >= 15 is 0 Å². The number of nitriles is 1. The number of nitrogens with zero attached hydrogens (tertiary/aromatic N) is 1. The summed E-state index contributed by atoms with van der Waals surface area (Å²) >= 11 is 4.31. The highest BCUT2D eigenvalue weighted by atomic mass is 127. The molecule has 0 aromatic heterocycles. The van der Waals surface area contributed by atoms with Crippen LogP contribution in [0.25, 0.3) is 6.08 Å². The summed E-state index contributed by atoms with van der Waals surface area (Å²) in [5.41, 5.74) is 5.78. The van der Waals surface area contributed by atoms with Gasteiger partial charge in [0.1, 0.15) is 17.4 Å². The normalized spacial score (nSPS) is 10.9. The van der Waals surface area contributed by atoms with Crippen molar-refractivity contribution in [3.8, 4) is 11.8 Å². The summed E-state index contributed by atoms with van der Waals surface area (Å²) in [4.78, 5) is 11.0. The maximum atomic E-state index is 11.0. The minimum atomic E-state index is -0.726. The third kappa shape index (κ3) is 3.84. The predicted octanol–water partition coefficient (Wildman–Crippen LogP) is 2.69. The Kier molecular flexibility index (Phi) is 5.87. The van der Waals surface area contributed by atoms with Crippen LogP contribution in [-0.4, -0.2) is 12.5 Å². The zero-order valence-corrected chi connectivity index (χ0v) is 13.9. The molecule has 0 aliphatic rings. The van der Waals surface area contributed by atoms with Gasteiger partial charge in [0.25, 0.3) is 5.91 Å². The predicted molar refractivity (Wildman–Crippen MR) is 85.8 cm³/mol. The first kappa shape index (κ1) is 15.2. The molecule has 0 aliphatic carbocycles. The van der Waals surface area contributed by atoms with Crippen molar-refractivity contribution in [1.82, 2.24) is 0 Å². The molecule has 6 heteroatoms. The van der Waals surface area contributed by atoms with Crippen molar-refractivity contribution in [2.24, 2.45) is 5.73 Å². The van der Waals surface area contributed by atoms with Crippen LogP contribution in [0.3, 0.4) is 0 Å². The average molecular weight is 468 g/mol. The largest absolute Gasteiger partial charge is 0.492 e. The fraction of sp³-hybridized carbons (Fsp3) is 0.167. The topological polar surface area (TPSA) is 76.1 Å². The molecule has 4 nitrogen and oxygen atoms in total. The van der Waals surface area contributed by atoms with Crippen molar-refractivity contribution in [2.45, 2.75) is 6.92 Å². The average Bonchev–Trinajstić information content (AvgIpc) is 2.30. The highest BCUT2D eigenvalue weighted by Crippen LogP contribution is 2.29. The van der Waals surface area contributed by atoms with E-state index in [1.807, 2.05) is 19.1 Å². The maximum absolute atomic E-state index is 11.0. The number of hydrogen-bond donors (Lipinski definition) is 1. The maximum Gasteiger partial charge on any atom is 0.259 e. The lowest BCUT2D eigenvalue weighted by atomic mass is 10.1. The van der Waals surface area contributed by atoms with Gasteiger partial charge in [-0.2, -0.15) is 5.26 Å². The molecule has 0 saturated heterocycles. The van der Waals surface area contributed by atoms with Crippen LogP contribution >= 0.6 is 45.2 Å². The molecule has 0 aliphatic heterocycles. The van der Waals surface area contributed by atoms with Gasteiger partial charge in [-0.1, -0.05) is 0 Å². The van der Waals surface area contributed by atoms with Gasteiger partial charge in [0.2, 0.25) is 0 Å². The third-order valence-electron chi connectivity index (χ3n) is 2.01. The van der Waals surface area contributed by atoms with Gasteiger partial charge in [-0.05, 0) is 75.9 Å². The van der Waals surface area contributed by atoms with Crippen LogP contribution < -0.4 is 10.5 Å². The molecule has 0 heterocycles.